The molecule has 0 amide bonds. The Morgan fingerprint density at radius 1 is 1.07 bits per heavy atom. The van der Waals surface area contributed by atoms with Crippen LogP contribution < -0.4 is 10.5 Å². The first-order chi connectivity index (χ1) is 12.3. The lowest BCUT2D eigenvalue weighted by molar-refractivity contribution is -0.138. The van der Waals surface area contributed by atoms with Crippen molar-refractivity contribution in [2.45, 2.75) is 46.2 Å². The molecule has 0 unspecified atom stereocenters. The fourth-order valence-corrected chi connectivity index (χ4v) is 2.96. The third kappa shape index (κ3) is 5.16. The van der Waals surface area contributed by atoms with Crippen molar-refractivity contribution in [3.05, 3.63) is 52.0 Å². The van der Waals surface area contributed by atoms with Gasteiger partial charge in [0.05, 0.1) is 11.5 Å². The van der Waals surface area contributed by atoms with Crippen LogP contribution in [0.3, 0.4) is 0 Å². The maximum Gasteiger partial charge on any atom is 0.420 e. The Labute approximate surface area is 162 Å². The van der Waals surface area contributed by atoms with Crippen molar-refractivity contribution < 1.29 is 17.9 Å². The van der Waals surface area contributed by atoms with Crippen molar-refractivity contribution in [2.24, 2.45) is 10.7 Å². The minimum atomic E-state index is -4.60. The maximum absolute atomic E-state index is 13.6. The Balaban J connectivity index is 2.56. The van der Waals surface area contributed by atoms with Crippen LogP contribution in [0.25, 0.3) is 0 Å². The van der Waals surface area contributed by atoms with Crippen LogP contribution in [0, 0.1) is 6.92 Å². The van der Waals surface area contributed by atoms with E-state index in [1.165, 1.54) is 13.0 Å². The third-order valence-electron chi connectivity index (χ3n) is 3.87. The number of aliphatic imine (C=N–C) groups is 1. The van der Waals surface area contributed by atoms with Crippen molar-refractivity contribution in [3.8, 4) is 11.5 Å². The molecule has 146 valence electrons. The van der Waals surface area contributed by atoms with Gasteiger partial charge in [-0.2, -0.15) is 13.2 Å². The van der Waals surface area contributed by atoms with Gasteiger partial charge in [0.1, 0.15) is 17.1 Å². The lowest BCUT2D eigenvalue weighted by Crippen LogP contribution is -2.12. The van der Waals surface area contributed by atoms with E-state index in [-0.39, 0.29) is 28.4 Å². The van der Waals surface area contributed by atoms with Crippen molar-refractivity contribution in [1.29, 1.82) is 0 Å². The first-order valence-corrected chi connectivity index (χ1v) is 8.67. The molecule has 0 saturated carbocycles. The predicted octanol–water partition coefficient (Wildman–Crippen LogP) is 6.77. The number of hydrogen-bond acceptors (Lipinski definition) is 2. The fourth-order valence-electron chi connectivity index (χ4n) is 2.56. The molecule has 0 aliphatic carbocycles. The highest BCUT2D eigenvalue weighted by atomic mass is 35.5. The Morgan fingerprint density at radius 2 is 1.70 bits per heavy atom. The molecule has 0 aliphatic rings. The summed E-state index contributed by atoms with van der Waals surface area (Å²) in [5.41, 5.74) is 5.77. The van der Waals surface area contributed by atoms with Crippen molar-refractivity contribution in [1.82, 2.24) is 0 Å². The molecule has 0 fully saturated rings. The number of nitrogens with zero attached hydrogens (tertiary/aromatic N) is 1. The van der Waals surface area contributed by atoms with Gasteiger partial charge in [-0.05, 0) is 60.7 Å². The van der Waals surface area contributed by atoms with Gasteiger partial charge in [0, 0.05) is 5.02 Å². The lowest BCUT2D eigenvalue weighted by Gasteiger charge is -2.22. The van der Waals surface area contributed by atoms with Gasteiger partial charge in [-0.1, -0.05) is 32.4 Å². The standard InChI is InChI=1S/C20H22ClF3N2O/c1-11-8-18(15(20(22,23)24)10-17(11)26-12(2)25)27-13-6-7-16(21)14(9-13)19(3,4)5/h6-10H,1-5H3,(H2,25,26). The molecular weight excluding hydrogens is 377 g/mol. The molecule has 0 aliphatic heterocycles. The number of hydrogen-bond donors (Lipinski definition) is 1. The van der Waals surface area contributed by atoms with E-state index in [0.29, 0.717) is 10.6 Å². The Kier molecular flexibility index (Phi) is 5.80. The van der Waals surface area contributed by atoms with Crippen molar-refractivity contribution in [2.75, 3.05) is 0 Å². The Morgan fingerprint density at radius 3 is 2.22 bits per heavy atom. The highest BCUT2D eigenvalue weighted by Crippen LogP contribution is 2.42. The maximum atomic E-state index is 13.6. The molecule has 0 radical (unpaired) electrons. The smallest absolute Gasteiger partial charge is 0.420 e. The third-order valence-corrected chi connectivity index (χ3v) is 4.20. The van der Waals surface area contributed by atoms with Gasteiger partial charge in [-0.15, -0.1) is 0 Å². The number of amidine groups is 1. The first-order valence-electron chi connectivity index (χ1n) is 8.29. The topological polar surface area (TPSA) is 47.6 Å². The lowest BCUT2D eigenvalue weighted by atomic mass is 9.87. The molecule has 2 rings (SSSR count). The number of ether oxygens (including phenoxy) is 1. The molecule has 0 bridgehead atoms. The molecule has 0 atom stereocenters. The largest absolute Gasteiger partial charge is 0.457 e. The SMILES string of the molecule is CC(N)=Nc1cc(C(F)(F)F)c(Oc2ccc(Cl)c(C(C)(C)C)c2)cc1C. The minimum Gasteiger partial charge on any atom is -0.457 e. The van der Waals surface area contributed by atoms with Crippen LogP contribution in [-0.4, -0.2) is 5.84 Å². The average Bonchev–Trinajstić information content (AvgIpc) is 2.49. The minimum absolute atomic E-state index is 0.154. The highest BCUT2D eigenvalue weighted by Gasteiger charge is 2.35. The summed E-state index contributed by atoms with van der Waals surface area (Å²) < 4.78 is 46.3. The zero-order valence-electron chi connectivity index (χ0n) is 15.8. The van der Waals surface area contributed by atoms with E-state index in [2.05, 4.69) is 4.99 Å². The monoisotopic (exact) mass is 398 g/mol. The number of rotatable bonds is 3. The predicted molar refractivity (Wildman–Crippen MR) is 103 cm³/mol. The van der Waals surface area contributed by atoms with E-state index in [0.717, 1.165) is 11.6 Å². The van der Waals surface area contributed by atoms with Crippen molar-refractivity contribution >= 4 is 23.1 Å². The molecular formula is C20H22ClF3N2O. The van der Waals surface area contributed by atoms with Gasteiger partial charge in [0.25, 0.3) is 0 Å². The quantitative estimate of drug-likeness (QED) is 0.458. The number of halogens is 4. The summed E-state index contributed by atoms with van der Waals surface area (Å²) in [7, 11) is 0. The number of aryl methyl sites for hydroxylation is 1. The normalized spacial score (nSPS) is 13.0. The van der Waals surface area contributed by atoms with Crippen LogP contribution in [0.4, 0.5) is 18.9 Å². The van der Waals surface area contributed by atoms with Gasteiger partial charge in [0.2, 0.25) is 0 Å². The van der Waals surface area contributed by atoms with E-state index in [1.807, 2.05) is 20.8 Å². The molecule has 3 nitrogen and oxygen atoms in total. The highest BCUT2D eigenvalue weighted by molar-refractivity contribution is 6.31. The molecule has 0 aromatic heterocycles. The van der Waals surface area contributed by atoms with Crippen molar-refractivity contribution in [3.63, 3.8) is 0 Å². The number of nitrogens with two attached hydrogens (primary N) is 1. The van der Waals surface area contributed by atoms with Crippen LogP contribution in [0.5, 0.6) is 11.5 Å². The summed E-state index contributed by atoms with van der Waals surface area (Å²) in [5.74, 6) is 0.156. The second-order valence-corrected chi connectivity index (χ2v) is 7.79. The molecule has 2 aromatic rings. The molecule has 27 heavy (non-hydrogen) atoms. The van der Waals surface area contributed by atoms with Gasteiger partial charge in [-0.25, -0.2) is 4.99 Å². The molecule has 2 aromatic carbocycles. The number of benzene rings is 2. The van der Waals surface area contributed by atoms with Crippen LogP contribution in [0.1, 0.15) is 44.4 Å². The zero-order chi connectivity index (χ0) is 20.6. The van der Waals surface area contributed by atoms with E-state index in [9.17, 15) is 13.2 Å². The second kappa shape index (κ2) is 7.43. The van der Waals surface area contributed by atoms with Gasteiger partial charge >= 0.3 is 6.18 Å². The summed E-state index contributed by atoms with van der Waals surface area (Å²) in [6.45, 7) is 9.05. The van der Waals surface area contributed by atoms with Gasteiger partial charge < -0.3 is 10.5 Å². The van der Waals surface area contributed by atoms with Crippen LogP contribution >= 0.6 is 11.6 Å². The first kappa shape index (κ1) is 21.1. The molecule has 0 heterocycles. The molecule has 0 saturated heterocycles. The molecule has 0 spiro atoms. The van der Waals surface area contributed by atoms with E-state index in [1.54, 1.807) is 25.1 Å². The van der Waals surface area contributed by atoms with E-state index >= 15 is 0 Å². The summed E-state index contributed by atoms with van der Waals surface area (Å²) in [4.78, 5) is 3.96. The summed E-state index contributed by atoms with van der Waals surface area (Å²) >= 11 is 6.22. The zero-order valence-corrected chi connectivity index (χ0v) is 16.6. The van der Waals surface area contributed by atoms with Crippen LogP contribution in [0.2, 0.25) is 5.02 Å². The van der Waals surface area contributed by atoms with Gasteiger partial charge in [0.15, 0.2) is 0 Å². The fraction of sp³-hybridized carbons (Fsp3) is 0.350. The van der Waals surface area contributed by atoms with Crippen LogP contribution in [0.15, 0.2) is 35.3 Å². The Bertz CT molecular complexity index is 880. The molecule has 7 heteroatoms. The summed E-state index contributed by atoms with van der Waals surface area (Å²) in [6.07, 6.45) is -4.60. The van der Waals surface area contributed by atoms with Crippen LogP contribution in [-0.2, 0) is 11.6 Å². The average molecular weight is 399 g/mol. The molecule has 2 N–H and O–H groups in total. The Hall–Kier alpha value is -2.21. The van der Waals surface area contributed by atoms with Gasteiger partial charge in [-0.3, -0.25) is 0 Å². The number of alkyl halides is 3. The van der Waals surface area contributed by atoms with E-state index in [4.69, 9.17) is 22.1 Å². The second-order valence-electron chi connectivity index (χ2n) is 7.38. The summed E-state index contributed by atoms with van der Waals surface area (Å²) in [6, 6.07) is 7.09. The summed E-state index contributed by atoms with van der Waals surface area (Å²) in [5, 5.41) is 0.533. The van der Waals surface area contributed by atoms with E-state index < -0.39 is 11.7 Å².